The Labute approximate surface area is 83.6 Å². The Balaban J connectivity index is 3.26. The van der Waals surface area contributed by atoms with E-state index < -0.39 is 0 Å². The first-order chi connectivity index (χ1) is 6.20. The lowest BCUT2D eigenvalue weighted by Crippen LogP contribution is -2.13. The van der Waals surface area contributed by atoms with Crippen LogP contribution in [0.2, 0.25) is 0 Å². The minimum absolute atomic E-state index is 0.874. The van der Waals surface area contributed by atoms with Gasteiger partial charge in [-0.3, -0.25) is 0 Å². The van der Waals surface area contributed by atoms with Crippen LogP contribution in [0.5, 0.6) is 0 Å². The molecule has 1 nitrogen and oxygen atoms in total. The van der Waals surface area contributed by atoms with Crippen molar-refractivity contribution >= 4 is 0 Å². The molecule has 0 bridgehead atoms. The first kappa shape index (κ1) is 12.5. The maximum Gasteiger partial charge on any atom is 0.0141 e. The molecule has 0 aromatic rings. The molecule has 0 amide bonds. The smallest absolute Gasteiger partial charge is 0.0141 e. The molecule has 1 atom stereocenters. The zero-order valence-electron chi connectivity index (χ0n) is 9.53. The third kappa shape index (κ3) is 7.89. The minimum Gasteiger partial charge on any atom is -0.389 e. The Morgan fingerprint density at radius 3 is 2.62 bits per heavy atom. The van der Waals surface area contributed by atoms with Crippen LogP contribution in [0.25, 0.3) is 0 Å². The van der Waals surface area contributed by atoms with Gasteiger partial charge >= 0.3 is 0 Å². The fraction of sp³-hybridized carbons (Fsp3) is 0.833. The van der Waals surface area contributed by atoms with Gasteiger partial charge in [-0.25, -0.2) is 0 Å². The summed E-state index contributed by atoms with van der Waals surface area (Å²) in [5.41, 5.74) is 1.21. The van der Waals surface area contributed by atoms with Gasteiger partial charge < -0.3 is 5.32 Å². The van der Waals surface area contributed by atoms with E-state index in [1.54, 1.807) is 0 Å². The second kappa shape index (κ2) is 8.15. The van der Waals surface area contributed by atoms with Crippen molar-refractivity contribution < 1.29 is 0 Å². The fourth-order valence-corrected chi connectivity index (χ4v) is 1.26. The monoisotopic (exact) mass is 183 g/mol. The third-order valence-electron chi connectivity index (χ3n) is 2.50. The molecule has 1 unspecified atom stereocenters. The summed E-state index contributed by atoms with van der Waals surface area (Å²) in [5, 5.41) is 3.33. The summed E-state index contributed by atoms with van der Waals surface area (Å²) in [6.45, 7) is 11.8. The molecule has 0 heterocycles. The van der Waals surface area contributed by atoms with Gasteiger partial charge in [-0.2, -0.15) is 0 Å². The number of allylic oxidation sites excluding steroid dienone is 1. The number of hydrogen-bond donors (Lipinski definition) is 1. The first-order valence-electron chi connectivity index (χ1n) is 5.62. The SMILES string of the molecule is C=C(CCCC(C)CC)NCCC. The predicted molar refractivity (Wildman–Crippen MR) is 60.7 cm³/mol. The van der Waals surface area contributed by atoms with E-state index in [-0.39, 0.29) is 0 Å². The molecule has 0 radical (unpaired) electrons. The van der Waals surface area contributed by atoms with Crippen molar-refractivity contribution in [1.29, 1.82) is 0 Å². The van der Waals surface area contributed by atoms with E-state index in [9.17, 15) is 0 Å². The quantitative estimate of drug-likeness (QED) is 0.605. The van der Waals surface area contributed by atoms with Crippen LogP contribution < -0.4 is 5.32 Å². The van der Waals surface area contributed by atoms with Crippen molar-refractivity contribution in [3.8, 4) is 0 Å². The molecule has 0 fully saturated rings. The Hall–Kier alpha value is -0.460. The molecule has 13 heavy (non-hydrogen) atoms. The predicted octanol–water partition coefficient (Wildman–Crippen LogP) is 3.72. The van der Waals surface area contributed by atoms with Crippen molar-refractivity contribution in [3.63, 3.8) is 0 Å². The van der Waals surface area contributed by atoms with Gasteiger partial charge in [0.2, 0.25) is 0 Å². The average molecular weight is 183 g/mol. The van der Waals surface area contributed by atoms with Gasteiger partial charge in [-0.1, -0.05) is 40.2 Å². The van der Waals surface area contributed by atoms with E-state index in [4.69, 9.17) is 0 Å². The van der Waals surface area contributed by atoms with Crippen molar-refractivity contribution in [2.45, 2.75) is 52.9 Å². The molecular weight excluding hydrogens is 158 g/mol. The van der Waals surface area contributed by atoms with Gasteiger partial charge in [-0.05, 0) is 25.2 Å². The normalized spacial score (nSPS) is 12.5. The van der Waals surface area contributed by atoms with Crippen LogP contribution in [0.15, 0.2) is 12.3 Å². The second-order valence-electron chi connectivity index (χ2n) is 3.94. The molecule has 0 saturated heterocycles. The number of rotatable bonds is 8. The van der Waals surface area contributed by atoms with E-state index in [0.717, 1.165) is 18.9 Å². The Kier molecular flexibility index (Phi) is 7.86. The lowest BCUT2D eigenvalue weighted by molar-refractivity contribution is 0.490. The van der Waals surface area contributed by atoms with Crippen LogP contribution in [0.1, 0.15) is 52.9 Å². The molecule has 1 heteroatoms. The summed E-state index contributed by atoms with van der Waals surface area (Å²) < 4.78 is 0. The maximum atomic E-state index is 4.00. The van der Waals surface area contributed by atoms with Crippen LogP contribution in [0.4, 0.5) is 0 Å². The molecule has 0 aromatic heterocycles. The topological polar surface area (TPSA) is 12.0 Å². The summed E-state index contributed by atoms with van der Waals surface area (Å²) in [5.74, 6) is 0.874. The Morgan fingerprint density at radius 1 is 1.38 bits per heavy atom. The van der Waals surface area contributed by atoms with Gasteiger partial charge in [-0.15, -0.1) is 0 Å². The lowest BCUT2D eigenvalue weighted by Gasteiger charge is -2.10. The maximum absolute atomic E-state index is 4.00. The largest absolute Gasteiger partial charge is 0.389 e. The zero-order valence-corrected chi connectivity index (χ0v) is 9.53. The van der Waals surface area contributed by atoms with Gasteiger partial charge in [0.15, 0.2) is 0 Å². The van der Waals surface area contributed by atoms with Crippen LogP contribution in [-0.2, 0) is 0 Å². The van der Waals surface area contributed by atoms with Gasteiger partial charge in [0.1, 0.15) is 0 Å². The highest BCUT2D eigenvalue weighted by molar-refractivity contribution is 4.90. The molecule has 0 saturated carbocycles. The van der Waals surface area contributed by atoms with Crippen molar-refractivity contribution in [2.75, 3.05) is 6.54 Å². The fourth-order valence-electron chi connectivity index (χ4n) is 1.26. The molecule has 0 aliphatic rings. The summed E-state index contributed by atoms with van der Waals surface area (Å²) in [4.78, 5) is 0. The van der Waals surface area contributed by atoms with E-state index in [2.05, 4.69) is 32.7 Å². The standard InChI is InChI=1S/C12H25N/c1-5-10-13-12(4)9-7-8-11(3)6-2/h11,13H,4-10H2,1-3H3. The second-order valence-corrected chi connectivity index (χ2v) is 3.94. The minimum atomic E-state index is 0.874. The molecule has 78 valence electrons. The van der Waals surface area contributed by atoms with E-state index in [1.165, 1.54) is 31.4 Å². The molecule has 0 aliphatic heterocycles. The summed E-state index contributed by atoms with van der Waals surface area (Å²) >= 11 is 0. The molecule has 0 rings (SSSR count). The van der Waals surface area contributed by atoms with Crippen LogP contribution >= 0.6 is 0 Å². The molecular formula is C12H25N. The molecule has 0 aliphatic carbocycles. The number of nitrogens with one attached hydrogen (secondary N) is 1. The van der Waals surface area contributed by atoms with E-state index in [0.29, 0.717) is 0 Å². The number of hydrogen-bond acceptors (Lipinski definition) is 1. The van der Waals surface area contributed by atoms with Crippen LogP contribution in [0.3, 0.4) is 0 Å². The highest BCUT2D eigenvalue weighted by Gasteiger charge is 1.99. The summed E-state index contributed by atoms with van der Waals surface area (Å²) in [6.07, 6.45) is 6.25. The van der Waals surface area contributed by atoms with Crippen molar-refractivity contribution in [3.05, 3.63) is 12.3 Å². The van der Waals surface area contributed by atoms with Crippen molar-refractivity contribution in [2.24, 2.45) is 5.92 Å². The molecule has 0 spiro atoms. The van der Waals surface area contributed by atoms with Crippen LogP contribution in [0, 0.1) is 5.92 Å². The summed E-state index contributed by atoms with van der Waals surface area (Å²) in [6, 6.07) is 0. The van der Waals surface area contributed by atoms with Crippen LogP contribution in [-0.4, -0.2) is 6.54 Å². The van der Waals surface area contributed by atoms with Gasteiger partial charge in [0, 0.05) is 12.2 Å². The zero-order chi connectivity index (χ0) is 10.1. The Bertz CT molecular complexity index is 129. The van der Waals surface area contributed by atoms with E-state index in [1.807, 2.05) is 0 Å². The molecule has 0 aromatic carbocycles. The van der Waals surface area contributed by atoms with Gasteiger partial charge in [0.25, 0.3) is 0 Å². The molecule has 1 N–H and O–H groups in total. The average Bonchev–Trinajstić information content (AvgIpc) is 2.14. The van der Waals surface area contributed by atoms with E-state index >= 15 is 0 Å². The third-order valence-corrected chi connectivity index (χ3v) is 2.50. The highest BCUT2D eigenvalue weighted by atomic mass is 14.9. The highest BCUT2D eigenvalue weighted by Crippen LogP contribution is 2.12. The van der Waals surface area contributed by atoms with Crippen molar-refractivity contribution in [1.82, 2.24) is 5.32 Å². The lowest BCUT2D eigenvalue weighted by atomic mass is 10.0. The van der Waals surface area contributed by atoms with Gasteiger partial charge in [0.05, 0.1) is 0 Å². The first-order valence-corrected chi connectivity index (χ1v) is 5.62. The Morgan fingerprint density at radius 2 is 2.08 bits per heavy atom. The summed E-state index contributed by atoms with van der Waals surface area (Å²) in [7, 11) is 0.